The summed E-state index contributed by atoms with van der Waals surface area (Å²) in [5.41, 5.74) is 8.97. The first kappa shape index (κ1) is 13.9. The van der Waals surface area contributed by atoms with Crippen LogP contribution in [0.1, 0.15) is 45.1 Å². The SMILES string of the molecule is CC1(C)CCC(CN)(N2CCc3ccc(F)cc32)CC1. The van der Waals surface area contributed by atoms with E-state index in [1.165, 1.54) is 18.4 Å². The van der Waals surface area contributed by atoms with Gasteiger partial charge in [0.05, 0.1) is 5.54 Å². The van der Waals surface area contributed by atoms with Gasteiger partial charge in [-0.1, -0.05) is 19.9 Å². The number of nitrogens with zero attached hydrogens (tertiary/aromatic N) is 1. The predicted octanol–water partition coefficient (Wildman–Crippen LogP) is 3.49. The fraction of sp³-hybridized carbons (Fsp3) is 0.647. The summed E-state index contributed by atoms with van der Waals surface area (Å²) in [6.07, 6.45) is 5.65. The maximum Gasteiger partial charge on any atom is 0.125 e. The van der Waals surface area contributed by atoms with E-state index in [1.807, 2.05) is 6.07 Å². The second-order valence-corrected chi connectivity index (χ2v) is 7.27. The van der Waals surface area contributed by atoms with E-state index in [0.717, 1.165) is 31.5 Å². The van der Waals surface area contributed by atoms with Gasteiger partial charge < -0.3 is 10.6 Å². The molecule has 1 fully saturated rings. The van der Waals surface area contributed by atoms with E-state index < -0.39 is 0 Å². The Morgan fingerprint density at radius 1 is 1.20 bits per heavy atom. The molecule has 0 unspecified atom stereocenters. The molecule has 20 heavy (non-hydrogen) atoms. The third-order valence-corrected chi connectivity index (χ3v) is 5.43. The summed E-state index contributed by atoms with van der Waals surface area (Å²) in [5.74, 6) is -0.140. The molecule has 1 saturated carbocycles. The number of rotatable bonds is 2. The van der Waals surface area contributed by atoms with Crippen molar-refractivity contribution in [2.45, 2.75) is 51.5 Å². The van der Waals surface area contributed by atoms with Crippen molar-refractivity contribution in [2.24, 2.45) is 11.1 Å². The van der Waals surface area contributed by atoms with Gasteiger partial charge in [-0.25, -0.2) is 4.39 Å². The van der Waals surface area contributed by atoms with Gasteiger partial charge >= 0.3 is 0 Å². The maximum absolute atomic E-state index is 13.6. The van der Waals surface area contributed by atoms with Crippen LogP contribution in [0.3, 0.4) is 0 Å². The summed E-state index contributed by atoms with van der Waals surface area (Å²) in [5, 5.41) is 0. The lowest BCUT2D eigenvalue weighted by molar-refractivity contribution is 0.163. The Morgan fingerprint density at radius 3 is 2.55 bits per heavy atom. The highest BCUT2D eigenvalue weighted by atomic mass is 19.1. The molecule has 0 spiro atoms. The number of halogens is 1. The van der Waals surface area contributed by atoms with Crippen molar-refractivity contribution < 1.29 is 4.39 Å². The number of fused-ring (bicyclic) bond motifs is 1. The zero-order valence-electron chi connectivity index (χ0n) is 12.6. The van der Waals surface area contributed by atoms with Crippen LogP contribution in [-0.4, -0.2) is 18.6 Å². The van der Waals surface area contributed by atoms with Crippen molar-refractivity contribution in [3.8, 4) is 0 Å². The molecule has 0 aromatic heterocycles. The van der Waals surface area contributed by atoms with Crippen molar-refractivity contribution in [3.05, 3.63) is 29.6 Å². The van der Waals surface area contributed by atoms with Gasteiger partial charge in [-0.15, -0.1) is 0 Å². The van der Waals surface area contributed by atoms with E-state index in [4.69, 9.17) is 5.73 Å². The number of anilines is 1. The van der Waals surface area contributed by atoms with E-state index >= 15 is 0 Å². The maximum atomic E-state index is 13.6. The van der Waals surface area contributed by atoms with Crippen LogP contribution in [0.5, 0.6) is 0 Å². The molecule has 1 aliphatic heterocycles. The topological polar surface area (TPSA) is 29.3 Å². The highest BCUT2D eigenvalue weighted by molar-refractivity contribution is 5.60. The van der Waals surface area contributed by atoms with Crippen molar-refractivity contribution in [3.63, 3.8) is 0 Å². The molecule has 3 rings (SSSR count). The Bertz CT molecular complexity index is 500. The predicted molar refractivity (Wildman–Crippen MR) is 81.5 cm³/mol. The lowest BCUT2D eigenvalue weighted by Crippen LogP contribution is -2.56. The average molecular weight is 276 g/mol. The fourth-order valence-electron chi connectivity index (χ4n) is 3.82. The van der Waals surface area contributed by atoms with Crippen molar-refractivity contribution in [1.82, 2.24) is 0 Å². The van der Waals surface area contributed by atoms with Crippen LogP contribution in [0, 0.1) is 11.2 Å². The zero-order chi connectivity index (χ0) is 14.4. The summed E-state index contributed by atoms with van der Waals surface area (Å²) >= 11 is 0. The van der Waals surface area contributed by atoms with Crippen LogP contribution in [0.15, 0.2) is 18.2 Å². The van der Waals surface area contributed by atoms with E-state index in [1.54, 1.807) is 12.1 Å². The van der Waals surface area contributed by atoms with Crippen molar-refractivity contribution in [1.29, 1.82) is 0 Å². The highest BCUT2D eigenvalue weighted by Crippen LogP contribution is 2.46. The summed E-state index contributed by atoms with van der Waals surface area (Å²) in [4.78, 5) is 2.40. The van der Waals surface area contributed by atoms with Crippen LogP contribution in [-0.2, 0) is 6.42 Å². The van der Waals surface area contributed by atoms with Crippen LogP contribution in [0.25, 0.3) is 0 Å². The average Bonchev–Trinajstić information content (AvgIpc) is 2.83. The first-order valence-corrected chi connectivity index (χ1v) is 7.72. The van der Waals surface area contributed by atoms with Gasteiger partial charge in [-0.05, 0) is 55.2 Å². The molecular formula is C17H25FN2. The van der Waals surface area contributed by atoms with Crippen LogP contribution in [0.4, 0.5) is 10.1 Å². The molecule has 2 nitrogen and oxygen atoms in total. The lowest BCUT2D eigenvalue weighted by atomic mass is 9.68. The summed E-state index contributed by atoms with van der Waals surface area (Å²) in [6, 6.07) is 5.20. The molecule has 3 heteroatoms. The lowest BCUT2D eigenvalue weighted by Gasteiger charge is -2.49. The molecule has 1 aromatic rings. The van der Waals surface area contributed by atoms with Crippen LogP contribution in [0.2, 0.25) is 0 Å². The molecule has 1 aromatic carbocycles. The minimum atomic E-state index is -0.140. The largest absolute Gasteiger partial charge is 0.364 e. The molecule has 0 atom stereocenters. The molecule has 110 valence electrons. The Morgan fingerprint density at radius 2 is 1.90 bits per heavy atom. The number of hydrogen-bond donors (Lipinski definition) is 1. The third-order valence-electron chi connectivity index (χ3n) is 5.43. The smallest absolute Gasteiger partial charge is 0.125 e. The first-order valence-electron chi connectivity index (χ1n) is 7.72. The quantitative estimate of drug-likeness (QED) is 0.896. The minimum absolute atomic E-state index is 0.0363. The standard InChI is InChI=1S/C17H25FN2/c1-16(2)6-8-17(12-19,9-7-16)20-10-5-13-3-4-14(18)11-15(13)20/h3-4,11H,5-10,12,19H2,1-2H3. The Kier molecular flexibility index (Phi) is 3.28. The van der Waals surface area contributed by atoms with Gasteiger partial charge in [0.1, 0.15) is 5.82 Å². The van der Waals surface area contributed by atoms with E-state index in [0.29, 0.717) is 12.0 Å². The Balaban J connectivity index is 1.91. The number of benzene rings is 1. The molecule has 1 heterocycles. The van der Waals surface area contributed by atoms with Crippen LogP contribution >= 0.6 is 0 Å². The number of hydrogen-bond acceptors (Lipinski definition) is 2. The molecule has 0 amide bonds. The van der Waals surface area contributed by atoms with E-state index in [-0.39, 0.29) is 11.4 Å². The molecule has 0 saturated heterocycles. The molecule has 1 aliphatic carbocycles. The Hall–Kier alpha value is -1.09. The Labute approximate surface area is 121 Å². The molecule has 2 N–H and O–H groups in total. The highest BCUT2D eigenvalue weighted by Gasteiger charge is 2.43. The van der Waals surface area contributed by atoms with Crippen molar-refractivity contribution >= 4 is 5.69 Å². The summed E-state index contributed by atoms with van der Waals surface area (Å²) in [6.45, 7) is 6.32. The van der Waals surface area contributed by atoms with Crippen LogP contribution < -0.4 is 10.6 Å². The van der Waals surface area contributed by atoms with E-state index in [9.17, 15) is 4.39 Å². The molecule has 0 bridgehead atoms. The van der Waals surface area contributed by atoms with E-state index in [2.05, 4.69) is 18.7 Å². The summed E-state index contributed by atoms with van der Waals surface area (Å²) in [7, 11) is 0. The van der Waals surface area contributed by atoms with Gasteiger partial charge in [0.15, 0.2) is 0 Å². The van der Waals surface area contributed by atoms with Gasteiger partial charge in [-0.2, -0.15) is 0 Å². The third kappa shape index (κ3) is 2.22. The zero-order valence-corrected chi connectivity index (χ0v) is 12.6. The fourth-order valence-corrected chi connectivity index (χ4v) is 3.82. The molecule has 0 radical (unpaired) electrons. The van der Waals surface area contributed by atoms with Gasteiger partial charge in [0.25, 0.3) is 0 Å². The second kappa shape index (κ2) is 4.73. The normalized spacial score (nSPS) is 23.7. The van der Waals surface area contributed by atoms with Gasteiger partial charge in [-0.3, -0.25) is 0 Å². The number of nitrogens with two attached hydrogens (primary N) is 1. The molecule has 2 aliphatic rings. The van der Waals surface area contributed by atoms with Crippen molar-refractivity contribution in [2.75, 3.05) is 18.0 Å². The molecular weight excluding hydrogens is 251 g/mol. The van der Waals surface area contributed by atoms with Gasteiger partial charge in [0, 0.05) is 18.8 Å². The minimum Gasteiger partial charge on any atom is -0.364 e. The monoisotopic (exact) mass is 276 g/mol. The summed E-state index contributed by atoms with van der Waals surface area (Å²) < 4.78 is 13.6. The van der Waals surface area contributed by atoms with Gasteiger partial charge in [0.2, 0.25) is 0 Å². The second-order valence-electron chi connectivity index (χ2n) is 7.27. The first-order chi connectivity index (χ1) is 9.46.